The molecule has 0 spiro atoms. The molecule has 0 aromatic heterocycles. The number of hydrogen-bond donors (Lipinski definition) is 1. The van der Waals surface area contributed by atoms with Gasteiger partial charge in [0.15, 0.2) is 0 Å². The molecule has 4 nitrogen and oxygen atoms in total. The van der Waals surface area contributed by atoms with E-state index in [4.69, 9.17) is 9.47 Å². The van der Waals surface area contributed by atoms with Gasteiger partial charge in [-0.15, -0.1) is 0 Å². The van der Waals surface area contributed by atoms with E-state index in [1.807, 2.05) is 18.2 Å². The minimum absolute atomic E-state index is 0.0659. The average Bonchev–Trinajstić information content (AvgIpc) is 2.65. The number of hydrogen-bond acceptors (Lipinski definition) is 3. The SMILES string of the molecule is COc1ccc2c(c1)OC[C@@H](CNC(=O)CCc1ccccc1F)C2. The van der Waals surface area contributed by atoms with Crippen LogP contribution >= 0.6 is 0 Å². The number of fused-ring (bicyclic) bond motifs is 1. The minimum Gasteiger partial charge on any atom is -0.497 e. The van der Waals surface area contributed by atoms with Gasteiger partial charge in [0, 0.05) is 24.9 Å². The van der Waals surface area contributed by atoms with Crippen molar-refractivity contribution in [2.75, 3.05) is 20.3 Å². The van der Waals surface area contributed by atoms with E-state index in [2.05, 4.69) is 5.32 Å². The molecular formula is C20H22FNO3. The van der Waals surface area contributed by atoms with Gasteiger partial charge in [0.25, 0.3) is 0 Å². The summed E-state index contributed by atoms with van der Waals surface area (Å²) in [5.41, 5.74) is 1.69. The Morgan fingerprint density at radius 3 is 2.96 bits per heavy atom. The standard InChI is InChI=1S/C20H22FNO3/c1-24-17-8-6-16-10-14(13-25-19(16)11-17)12-22-20(23)9-7-15-4-2-3-5-18(15)21/h2-6,8,11,14H,7,9-10,12-13H2,1H3,(H,22,23)/t14-/m1/s1. The fraction of sp³-hybridized carbons (Fsp3) is 0.350. The molecule has 1 aliphatic rings. The Labute approximate surface area is 147 Å². The summed E-state index contributed by atoms with van der Waals surface area (Å²) < 4.78 is 24.5. The van der Waals surface area contributed by atoms with Crippen LogP contribution in [0.5, 0.6) is 11.5 Å². The third kappa shape index (κ3) is 4.50. The van der Waals surface area contributed by atoms with Crippen molar-refractivity contribution in [2.45, 2.75) is 19.3 Å². The van der Waals surface area contributed by atoms with Crippen molar-refractivity contribution in [1.82, 2.24) is 5.32 Å². The molecule has 0 saturated carbocycles. The number of halogens is 1. The highest BCUT2D eigenvalue weighted by atomic mass is 19.1. The zero-order valence-electron chi connectivity index (χ0n) is 14.3. The van der Waals surface area contributed by atoms with Crippen molar-refractivity contribution in [2.24, 2.45) is 5.92 Å². The van der Waals surface area contributed by atoms with Crippen molar-refractivity contribution < 1.29 is 18.7 Å². The summed E-state index contributed by atoms with van der Waals surface area (Å²) in [7, 11) is 1.63. The fourth-order valence-corrected chi connectivity index (χ4v) is 2.97. The molecule has 0 unspecified atom stereocenters. The van der Waals surface area contributed by atoms with Crippen LogP contribution in [0.1, 0.15) is 17.5 Å². The topological polar surface area (TPSA) is 47.6 Å². The molecule has 2 aromatic rings. The Balaban J connectivity index is 1.46. The quantitative estimate of drug-likeness (QED) is 0.877. The number of methoxy groups -OCH3 is 1. The average molecular weight is 343 g/mol. The molecule has 0 radical (unpaired) electrons. The third-order valence-corrected chi connectivity index (χ3v) is 4.42. The highest BCUT2D eigenvalue weighted by molar-refractivity contribution is 5.76. The molecule has 0 aliphatic carbocycles. The smallest absolute Gasteiger partial charge is 0.220 e. The van der Waals surface area contributed by atoms with Crippen LogP contribution in [-0.2, 0) is 17.6 Å². The van der Waals surface area contributed by atoms with Crippen molar-refractivity contribution >= 4 is 5.91 Å². The summed E-state index contributed by atoms with van der Waals surface area (Å²) in [5.74, 6) is 1.53. The van der Waals surface area contributed by atoms with E-state index in [0.29, 0.717) is 25.1 Å². The van der Waals surface area contributed by atoms with E-state index < -0.39 is 0 Å². The second kappa shape index (κ2) is 8.01. The van der Waals surface area contributed by atoms with Crippen molar-refractivity contribution in [3.05, 3.63) is 59.4 Å². The Morgan fingerprint density at radius 2 is 2.16 bits per heavy atom. The molecule has 1 N–H and O–H groups in total. The highest BCUT2D eigenvalue weighted by Gasteiger charge is 2.21. The second-order valence-corrected chi connectivity index (χ2v) is 6.25. The first-order valence-corrected chi connectivity index (χ1v) is 8.45. The molecule has 0 fully saturated rings. The van der Waals surface area contributed by atoms with Crippen LogP contribution in [0.4, 0.5) is 4.39 Å². The van der Waals surface area contributed by atoms with Crippen LogP contribution in [0.3, 0.4) is 0 Å². The van der Waals surface area contributed by atoms with Crippen LogP contribution in [0, 0.1) is 11.7 Å². The van der Waals surface area contributed by atoms with Crippen LogP contribution in [0.25, 0.3) is 0 Å². The number of nitrogens with one attached hydrogen (secondary N) is 1. The number of benzene rings is 2. The van der Waals surface area contributed by atoms with Gasteiger partial charge < -0.3 is 14.8 Å². The van der Waals surface area contributed by atoms with Gasteiger partial charge in [-0.05, 0) is 36.1 Å². The molecule has 1 heterocycles. The Hall–Kier alpha value is -2.56. The Bertz CT molecular complexity index is 747. The lowest BCUT2D eigenvalue weighted by atomic mass is 9.96. The number of aryl methyl sites for hydroxylation is 1. The number of carbonyl (C=O) groups excluding carboxylic acids is 1. The second-order valence-electron chi connectivity index (χ2n) is 6.25. The first-order chi connectivity index (χ1) is 12.2. The predicted molar refractivity (Wildman–Crippen MR) is 93.4 cm³/mol. The molecule has 25 heavy (non-hydrogen) atoms. The van der Waals surface area contributed by atoms with Gasteiger partial charge in [0.2, 0.25) is 5.91 Å². The van der Waals surface area contributed by atoms with Gasteiger partial charge in [-0.2, -0.15) is 0 Å². The van der Waals surface area contributed by atoms with Gasteiger partial charge in [0.1, 0.15) is 17.3 Å². The van der Waals surface area contributed by atoms with Crippen molar-refractivity contribution in [1.29, 1.82) is 0 Å². The molecule has 132 valence electrons. The Kier molecular flexibility index (Phi) is 5.53. The van der Waals surface area contributed by atoms with Gasteiger partial charge in [-0.3, -0.25) is 4.79 Å². The summed E-state index contributed by atoms with van der Waals surface area (Å²) >= 11 is 0. The van der Waals surface area contributed by atoms with E-state index >= 15 is 0 Å². The summed E-state index contributed by atoms with van der Waals surface area (Å²) in [4.78, 5) is 12.0. The van der Waals surface area contributed by atoms with Crippen molar-refractivity contribution in [3.63, 3.8) is 0 Å². The largest absolute Gasteiger partial charge is 0.497 e. The maximum atomic E-state index is 13.6. The van der Waals surface area contributed by atoms with Gasteiger partial charge in [-0.25, -0.2) is 4.39 Å². The van der Waals surface area contributed by atoms with E-state index in [0.717, 1.165) is 23.5 Å². The molecule has 2 aromatic carbocycles. The lowest BCUT2D eigenvalue weighted by molar-refractivity contribution is -0.121. The summed E-state index contributed by atoms with van der Waals surface area (Å²) in [6, 6.07) is 12.4. The molecule has 5 heteroatoms. The van der Waals surface area contributed by atoms with E-state index in [9.17, 15) is 9.18 Å². The summed E-state index contributed by atoms with van der Waals surface area (Å²) in [6.45, 7) is 1.12. The zero-order valence-corrected chi connectivity index (χ0v) is 14.3. The number of rotatable bonds is 6. The van der Waals surface area contributed by atoms with E-state index in [1.165, 1.54) is 6.07 Å². The fourth-order valence-electron chi connectivity index (χ4n) is 2.97. The first-order valence-electron chi connectivity index (χ1n) is 8.45. The minimum atomic E-state index is -0.261. The van der Waals surface area contributed by atoms with Gasteiger partial charge in [-0.1, -0.05) is 24.3 Å². The van der Waals surface area contributed by atoms with Gasteiger partial charge >= 0.3 is 0 Å². The molecular weight excluding hydrogens is 321 g/mol. The normalized spacial score (nSPS) is 15.8. The Morgan fingerprint density at radius 1 is 1.32 bits per heavy atom. The van der Waals surface area contributed by atoms with E-state index in [1.54, 1.807) is 25.3 Å². The summed E-state index contributed by atoms with van der Waals surface area (Å²) in [6.07, 6.45) is 1.54. The lowest BCUT2D eigenvalue weighted by Crippen LogP contribution is -2.34. The van der Waals surface area contributed by atoms with Crippen molar-refractivity contribution in [3.8, 4) is 11.5 Å². The molecule has 0 saturated heterocycles. The lowest BCUT2D eigenvalue weighted by Gasteiger charge is -2.25. The zero-order chi connectivity index (χ0) is 17.6. The number of amides is 1. The highest BCUT2D eigenvalue weighted by Crippen LogP contribution is 2.30. The van der Waals surface area contributed by atoms with Crippen LogP contribution in [0.15, 0.2) is 42.5 Å². The maximum Gasteiger partial charge on any atom is 0.220 e. The monoisotopic (exact) mass is 343 g/mol. The predicted octanol–water partition coefficient (Wildman–Crippen LogP) is 3.13. The molecule has 1 aliphatic heterocycles. The van der Waals surface area contributed by atoms with Crippen LogP contribution < -0.4 is 14.8 Å². The number of carbonyl (C=O) groups is 1. The first kappa shape index (κ1) is 17.3. The summed E-state index contributed by atoms with van der Waals surface area (Å²) in [5, 5.41) is 2.93. The van der Waals surface area contributed by atoms with Gasteiger partial charge in [0.05, 0.1) is 13.7 Å². The maximum absolute atomic E-state index is 13.6. The molecule has 1 amide bonds. The van der Waals surface area contributed by atoms with Crippen LogP contribution in [0.2, 0.25) is 0 Å². The van der Waals surface area contributed by atoms with E-state index in [-0.39, 0.29) is 24.1 Å². The third-order valence-electron chi connectivity index (χ3n) is 4.42. The molecule has 1 atom stereocenters. The van der Waals surface area contributed by atoms with Crippen LogP contribution in [-0.4, -0.2) is 26.2 Å². The molecule has 3 rings (SSSR count). The number of ether oxygens (including phenoxy) is 2. The molecule has 0 bridgehead atoms.